The Hall–Kier alpha value is -5.57. The molecule has 2 aliphatic rings. The van der Waals surface area contributed by atoms with E-state index in [2.05, 4.69) is 29.2 Å². The number of ketones is 2. The number of benzene rings is 3. The third-order valence-electron chi connectivity index (χ3n) is 8.43. The number of rotatable bonds is 3. The van der Waals surface area contributed by atoms with E-state index in [0.29, 0.717) is 17.5 Å². The van der Waals surface area contributed by atoms with Crippen molar-refractivity contribution in [3.05, 3.63) is 135 Å². The van der Waals surface area contributed by atoms with Crippen LogP contribution < -0.4 is 9.80 Å². The number of anilines is 4. The van der Waals surface area contributed by atoms with Gasteiger partial charge in [0.2, 0.25) is 5.78 Å². The van der Waals surface area contributed by atoms with E-state index in [0.717, 1.165) is 56.9 Å². The molecule has 7 rings (SSSR count). The van der Waals surface area contributed by atoms with Crippen molar-refractivity contribution < 1.29 is 18.4 Å². The number of carbonyl (C=O) groups is 2. The van der Waals surface area contributed by atoms with Crippen LogP contribution in [0, 0.1) is 53.2 Å². The minimum Gasteiger partial charge on any atom is -0.288 e. The first-order chi connectivity index (χ1) is 21.9. The van der Waals surface area contributed by atoms with Crippen molar-refractivity contribution in [2.75, 3.05) is 9.80 Å². The molecule has 5 aromatic rings. The highest BCUT2D eigenvalue weighted by Gasteiger charge is 2.40. The van der Waals surface area contributed by atoms with Crippen molar-refractivity contribution in [3.63, 3.8) is 0 Å². The first-order valence-electron chi connectivity index (χ1n) is 14.8. The molecule has 0 saturated carbocycles. The van der Waals surface area contributed by atoms with Gasteiger partial charge in [-0.2, -0.15) is 0 Å². The normalized spacial score (nSPS) is 15.0. The van der Waals surface area contributed by atoms with Crippen LogP contribution in [0.1, 0.15) is 54.2 Å². The molecule has 46 heavy (non-hydrogen) atoms. The number of pyridine rings is 1. The molecule has 9 heteroatoms. The lowest BCUT2D eigenvalue weighted by molar-refractivity contribution is 0.0987. The lowest BCUT2D eigenvalue weighted by Gasteiger charge is -2.29. The number of nitrogens with zero attached hydrogens (tertiary/aromatic N) is 5. The van der Waals surface area contributed by atoms with Gasteiger partial charge in [-0.1, -0.05) is 35.4 Å². The zero-order valence-electron chi connectivity index (χ0n) is 26.2. The van der Waals surface area contributed by atoms with Gasteiger partial charge in [-0.3, -0.25) is 24.4 Å². The van der Waals surface area contributed by atoms with Gasteiger partial charge in [-0.15, -0.1) is 0 Å². The Bertz CT molecular complexity index is 2060. The molecule has 0 N–H and O–H groups in total. The summed E-state index contributed by atoms with van der Waals surface area (Å²) in [4.78, 5) is 44.4. The van der Waals surface area contributed by atoms with Crippen LogP contribution in [0.4, 0.5) is 31.8 Å². The quantitative estimate of drug-likeness (QED) is 0.150. The summed E-state index contributed by atoms with van der Waals surface area (Å²) in [5.74, 6) is -1.58. The van der Waals surface area contributed by atoms with Crippen LogP contribution in [0.25, 0.3) is 11.0 Å². The Labute approximate surface area is 264 Å². The lowest BCUT2D eigenvalue weighted by atomic mass is 10.0. The molecule has 0 spiro atoms. The topological polar surface area (TPSA) is 79.3 Å². The van der Waals surface area contributed by atoms with Crippen LogP contribution in [0.3, 0.4) is 0 Å². The Morgan fingerprint density at radius 1 is 0.652 bits per heavy atom. The maximum Gasteiger partial charge on any atom is 0.216 e. The minimum atomic E-state index is -1.02. The van der Waals surface area contributed by atoms with Crippen LogP contribution in [0.5, 0.6) is 0 Å². The molecule has 0 fully saturated rings. The number of allylic oxidation sites excluding steroid dienone is 3. The minimum absolute atomic E-state index is 0.0121. The van der Waals surface area contributed by atoms with Crippen LogP contribution in [0.2, 0.25) is 0 Å². The van der Waals surface area contributed by atoms with E-state index in [1.165, 1.54) is 12.3 Å². The first kappa shape index (κ1) is 29.2. The third-order valence-corrected chi connectivity index (χ3v) is 8.43. The fourth-order valence-corrected chi connectivity index (χ4v) is 6.74. The van der Waals surface area contributed by atoms with Gasteiger partial charge in [0, 0.05) is 18.3 Å². The molecular formula is C37H29F2N5O2. The lowest BCUT2D eigenvalue weighted by Crippen LogP contribution is -2.24. The molecule has 228 valence electrons. The second-order valence-electron chi connectivity index (χ2n) is 12.0. The predicted octanol–water partition coefficient (Wildman–Crippen LogP) is 8.29. The van der Waals surface area contributed by atoms with Crippen molar-refractivity contribution in [2.24, 2.45) is 0 Å². The summed E-state index contributed by atoms with van der Waals surface area (Å²) in [6.45, 7) is 12.0. The molecule has 1 aliphatic heterocycles. The summed E-state index contributed by atoms with van der Waals surface area (Å²) in [6.07, 6.45) is 4.72. The van der Waals surface area contributed by atoms with Crippen molar-refractivity contribution in [1.82, 2.24) is 15.0 Å². The van der Waals surface area contributed by atoms with E-state index in [9.17, 15) is 18.4 Å². The van der Waals surface area contributed by atoms with Gasteiger partial charge in [0.15, 0.2) is 29.1 Å². The largest absolute Gasteiger partial charge is 0.288 e. The molecule has 0 amide bonds. The standard InChI is InChI=1S/C37H29F2N5O2/c1-18-12-20(3)32(21(4)13-18)43-30(10-9-25-34(45)24-8-7-11-40-31(24)35(25)46)44(33-22(5)14-19(2)15-23(33)6)37-36(43)41-28-16-26(38)27(39)17-29(28)42-37/h7-17H,1-6H3/b25-9-. The van der Waals surface area contributed by atoms with Crippen LogP contribution in [0.15, 0.2) is 78.3 Å². The molecule has 2 aromatic heterocycles. The smallest absolute Gasteiger partial charge is 0.216 e. The first-order valence-corrected chi connectivity index (χ1v) is 14.8. The highest BCUT2D eigenvalue weighted by molar-refractivity contribution is 6.38. The van der Waals surface area contributed by atoms with Crippen LogP contribution in [-0.4, -0.2) is 26.5 Å². The SMILES string of the molecule is Cc1cc(C)c(N2C(=C/C=C3/C(=O)c4cccnc4C3=O)N(c3c(C)cc(C)cc3C)c3nc4cc(F)c(F)cc4nc32)c(C)c1. The number of fused-ring (bicyclic) bond motifs is 3. The predicted molar refractivity (Wildman–Crippen MR) is 174 cm³/mol. The van der Waals surface area contributed by atoms with Crippen molar-refractivity contribution in [2.45, 2.75) is 41.5 Å². The van der Waals surface area contributed by atoms with Gasteiger partial charge in [-0.05, 0) is 88.1 Å². The monoisotopic (exact) mass is 613 g/mol. The number of Topliss-reactive ketones (excluding diaryl/α,β-unsaturated/α-hetero) is 2. The number of aromatic nitrogens is 3. The molecule has 0 unspecified atom stereocenters. The highest BCUT2D eigenvalue weighted by atomic mass is 19.2. The van der Waals surface area contributed by atoms with Crippen LogP contribution >= 0.6 is 0 Å². The van der Waals surface area contributed by atoms with Gasteiger partial charge in [0.1, 0.15) is 11.5 Å². The molecule has 1 aliphatic carbocycles. The summed E-state index contributed by atoms with van der Waals surface area (Å²) in [7, 11) is 0. The van der Waals surface area contributed by atoms with E-state index in [1.807, 2.05) is 51.3 Å². The van der Waals surface area contributed by atoms with Crippen molar-refractivity contribution in [1.29, 1.82) is 0 Å². The summed E-state index contributed by atoms with van der Waals surface area (Å²) in [5.41, 5.74) is 8.27. The Morgan fingerprint density at radius 2 is 1.13 bits per heavy atom. The highest BCUT2D eigenvalue weighted by Crippen LogP contribution is 2.51. The second kappa shape index (κ2) is 10.5. The van der Waals surface area contributed by atoms with E-state index in [4.69, 9.17) is 9.97 Å². The molecule has 3 aromatic carbocycles. The molecular weight excluding hydrogens is 584 g/mol. The van der Waals surface area contributed by atoms with Gasteiger partial charge in [0.25, 0.3) is 0 Å². The fraction of sp³-hybridized carbons (Fsp3) is 0.162. The van der Waals surface area contributed by atoms with E-state index < -0.39 is 23.2 Å². The van der Waals surface area contributed by atoms with E-state index in [-0.39, 0.29) is 27.9 Å². The Morgan fingerprint density at radius 3 is 1.59 bits per heavy atom. The number of aryl methyl sites for hydroxylation is 6. The average molecular weight is 614 g/mol. The number of carbonyl (C=O) groups excluding carboxylic acids is 2. The fourth-order valence-electron chi connectivity index (χ4n) is 6.74. The van der Waals surface area contributed by atoms with E-state index in [1.54, 1.807) is 18.2 Å². The summed E-state index contributed by atoms with van der Waals surface area (Å²) >= 11 is 0. The van der Waals surface area contributed by atoms with Crippen LogP contribution in [-0.2, 0) is 0 Å². The number of hydrogen-bond donors (Lipinski definition) is 0. The maximum absolute atomic E-state index is 14.5. The van der Waals surface area contributed by atoms with Crippen molar-refractivity contribution in [3.8, 4) is 0 Å². The average Bonchev–Trinajstić information content (AvgIpc) is 3.40. The van der Waals surface area contributed by atoms with Crippen molar-refractivity contribution >= 4 is 45.6 Å². The summed E-state index contributed by atoms with van der Waals surface area (Å²) in [6, 6.07) is 13.5. The van der Waals surface area contributed by atoms with E-state index >= 15 is 0 Å². The number of hydrogen-bond acceptors (Lipinski definition) is 7. The summed E-state index contributed by atoms with van der Waals surface area (Å²) in [5, 5.41) is 0. The maximum atomic E-state index is 14.5. The number of halogens is 2. The van der Waals surface area contributed by atoms with Gasteiger partial charge < -0.3 is 0 Å². The Balaban J connectivity index is 1.57. The Kier molecular flexibility index (Phi) is 6.66. The van der Waals surface area contributed by atoms with Gasteiger partial charge in [0.05, 0.1) is 33.5 Å². The molecule has 0 atom stereocenters. The zero-order valence-corrected chi connectivity index (χ0v) is 26.2. The third kappa shape index (κ3) is 4.42. The molecule has 3 heterocycles. The zero-order chi connectivity index (χ0) is 32.6. The molecule has 0 radical (unpaired) electrons. The molecule has 0 saturated heterocycles. The molecule has 7 nitrogen and oxygen atoms in total. The van der Waals surface area contributed by atoms with Gasteiger partial charge in [-0.25, -0.2) is 18.7 Å². The molecule has 0 bridgehead atoms. The second-order valence-corrected chi connectivity index (χ2v) is 12.0. The van der Waals surface area contributed by atoms with Gasteiger partial charge >= 0.3 is 0 Å². The summed E-state index contributed by atoms with van der Waals surface area (Å²) < 4.78 is 29.0.